The maximum atomic E-state index is 11.9. The Labute approximate surface area is 141 Å². The van der Waals surface area contributed by atoms with Crippen molar-refractivity contribution in [2.75, 3.05) is 16.8 Å². The van der Waals surface area contributed by atoms with E-state index in [4.69, 9.17) is 10.5 Å². The fourth-order valence-corrected chi connectivity index (χ4v) is 3.01. The van der Waals surface area contributed by atoms with Crippen LogP contribution in [-0.4, -0.2) is 33.9 Å². The van der Waals surface area contributed by atoms with E-state index in [1.54, 1.807) is 38.1 Å². The number of nitrogens with two attached hydrogens (primary N) is 1. The minimum atomic E-state index is -0.387. The Hall–Kier alpha value is -2.13. The number of benzene rings is 1. The highest BCUT2D eigenvalue weighted by Crippen LogP contribution is 2.23. The summed E-state index contributed by atoms with van der Waals surface area (Å²) in [5, 5.41) is 10.6. The zero-order valence-electron chi connectivity index (χ0n) is 12.6. The van der Waals surface area contributed by atoms with Gasteiger partial charge >= 0.3 is 5.97 Å². The van der Waals surface area contributed by atoms with Gasteiger partial charge in [0, 0.05) is 5.69 Å². The molecule has 9 heteroatoms. The Morgan fingerprint density at radius 2 is 2.00 bits per heavy atom. The number of esters is 1. The van der Waals surface area contributed by atoms with Crippen molar-refractivity contribution in [3.63, 3.8) is 0 Å². The highest BCUT2D eigenvalue weighted by Gasteiger charge is 2.10. The summed E-state index contributed by atoms with van der Waals surface area (Å²) in [5.41, 5.74) is 6.52. The fourth-order valence-electron chi connectivity index (χ4n) is 1.57. The first-order valence-corrected chi connectivity index (χ1v) is 8.57. The van der Waals surface area contributed by atoms with Crippen LogP contribution in [0.15, 0.2) is 28.6 Å². The Kier molecular flexibility index (Phi) is 5.94. The third-order valence-electron chi connectivity index (χ3n) is 2.50. The monoisotopic (exact) mass is 352 g/mol. The van der Waals surface area contributed by atoms with Gasteiger partial charge in [-0.05, 0) is 38.1 Å². The van der Waals surface area contributed by atoms with Gasteiger partial charge in [-0.25, -0.2) is 4.79 Å². The maximum absolute atomic E-state index is 11.9. The van der Waals surface area contributed by atoms with Crippen molar-refractivity contribution in [3.8, 4) is 0 Å². The van der Waals surface area contributed by atoms with Gasteiger partial charge < -0.3 is 15.8 Å². The number of nitrogens with one attached hydrogen (secondary N) is 1. The zero-order valence-corrected chi connectivity index (χ0v) is 14.2. The average Bonchev–Trinajstić information content (AvgIpc) is 2.91. The Balaban J connectivity index is 1.85. The van der Waals surface area contributed by atoms with E-state index in [2.05, 4.69) is 15.5 Å². The fraction of sp³-hybridized carbons (Fsp3) is 0.286. The van der Waals surface area contributed by atoms with E-state index >= 15 is 0 Å². The molecule has 0 atom stereocenters. The lowest BCUT2D eigenvalue weighted by molar-refractivity contribution is -0.113. The SMILES string of the molecule is CC(C)OC(=O)c1ccc(NC(=O)CSc2nnc(N)s2)cc1. The van der Waals surface area contributed by atoms with Crippen molar-refractivity contribution in [2.45, 2.75) is 24.3 Å². The second kappa shape index (κ2) is 7.93. The van der Waals surface area contributed by atoms with E-state index in [0.29, 0.717) is 20.7 Å². The minimum absolute atomic E-state index is 0.173. The summed E-state index contributed by atoms with van der Waals surface area (Å²) in [6, 6.07) is 6.53. The second-order valence-electron chi connectivity index (χ2n) is 4.77. The zero-order chi connectivity index (χ0) is 16.8. The molecule has 2 aromatic rings. The molecular weight excluding hydrogens is 336 g/mol. The molecule has 1 amide bonds. The average molecular weight is 352 g/mol. The van der Waals surface area contributed by atoms with Gasteiger partial charge in [-0.15, -0.1) is 10.2 Å². The van der Waals surface area contributed by atoms with Crippen LogP contribution in [0.5, 0.6) is 0 Å². The predicted molar refractivity (Wildman–Crippen MR) is 90.7 cm³/mol. The molecule has 122 valence electrons. The lowest BCUT2D eigenvalue weighted by atomic mass is 10.2. The third-order valence-corrected chi connectivity index (χ3v) is 4.38. The number of hydrogen-bond acceptors (Lipinski definition) is 8. The molecule has 0 unspecified atom stereocenters. The number of carbonyl (C=O) groups excluding carboxylic acids is 2. The van der Waals surface area contributed by atoms with E-state index in [0.717, 1.165) is 0 Å². The Morgan fingerprint density at radius 1 is 1.30 bits per heavy atom. The van der Waals surface area contributed by atoms with E-state index in [1.165, 1.54) is 23.1 Å². The molecule has 3 N–H and O–H groups in total. The summed E-state index contributed by atoms with van der Waals surface area (Å²) in [5.74, 6) is -0.366. The van der Waals surface area contributed by atoms with Crippen LogP contribution in [0.3, 0.4) is 0 Å². The molecular formula is C14H16N4O3S2. The molecule has 0 fully saturated rings. The molecule has 0 radical (unpaired) electrons. The second-order valence-corrected chi connectivity index (χ2v) is 7.01. The summed E-state index contributed by atoms with van der Waals surface area (Å²) in [7, 11) is 0. The number of nitrogen functional groups attached to an aromatic ring is 1. The minimum Gasteiger partial charge on any atom is -0.459 e. The van der Waals surface area contributed by atoms with Crippen molar-refractivity contribution in [1.82, 2.24) is 10.2 Å². The number of thioether (sulfide) groups is 1. The number of rotatable bonds is 6. The van der Waals surface area contributed by atoms with Crippen molar-refractivity contribution >= 4 is 45.8 Å². The first-order valence-electron chi connectivity index (χ1n) is 6.76. The molecule has 23 heavy (non-hydrogen) atoms. The van der Waals surface area contributed by atoms with Crippen LogP contribution in [0, 0.1) is 0 Å². The van der Waals surface area contributed by atoms with Gasteiger partial charge in [0.2, 0.25) is 11.0 Å². The largest absolute Gasteiger partial charge is 0.459 e. The molecule has 1 aromatic heterocycles. The molecule has 0 saturated carbocycles. The lowest BCUT2D eigenvalue weighted by Gasteiger charge is -2.08. The molecule has 0 aliphatic heterocycles. The van der Waals surface area contributed by atoms with Gasteiger partial charge in [-0.3, -0.25) is 4.79 Å². The number of ether oxygens (including phenoxy) is 1. The first-order chi connectivity index (χ1) is 10.9. The summed E-state index contributed by atoms with van der Waals surface area (Å²) in [6.45, 7) is 3.57. The normalized spacial score (nSPS) is 10.6. The van der Waals surface area contributed by atoms with Crippen molar-refractivity contribution < 1.29 is 14.3 Å². The van der Waals surface area contributed by atoms with Crippen LogP contribution in [0.1, 0.15) is 24.2 Å². The number of carbonyl (C=O) groups is 2. The molecule has 0 aliphatic rings. The Morgan fingerprint density at radius 3 is 2.57 bits per heavy atom. The quantitative estimate of drug-likeness (QED) is 0.607. The van der Waals surface area contributed by atoms with Crippen molar-refractivity contribution in [3.05, 3.63) is 29.8 Å². The maximum Gasteiger partial charge on any atom is 0.338 e. The van der Waals surface area contributed by atoms with E-state index in [9.17, 15) is 9.59 Å². The van der Waals surface area contributed by atoms with Gasteiger partial charge in [-0.1, -0.05) is 23.1 Å². The molecule has 2 rings (SSSR count). The number of nitrogens with zero attached hydrogens (tertiary/aromatic N) is 2. The van der Waals surface area contributed by atoms with Gasteiger partial charge in [0.1, 0.15) is 0 Å². The topological polar surface area (TPSA) is 107 Å². The number of aromatic nitrogens is 2. The first kappa shape index (κ1) is 17.2. The predicted octanol–water partition coefficient (Wildman–Crippen LogP) is 2.42. The Bertz CT molecular complexity index is 686. The lowest BCUT2D eigenvalue weighted by Crippen LogP contribution is -2.14. The van der Waals surface area contributed by atoms with Crippen LogP contribution < -0.4 is 11.1 Å². The summed E-state index contributed by atoms with van der Waals surface area (Å²) < 4.78 is 5.74. The molecule has 0 aliphatic carbocycles. The van der Waals surface area contributed by atoms with Gasteiger partial charge in [0.25, 0.3) is 0 Å². The molecule has 1 heterocycles. The van der Waals surface area contributed by atoms with Gasteiger partial charge in [-0.2, -0.15) is 0 Å². The van der Waals surface area contributed by atoms with Gasteiger partial charge in [0.05, 0.1) is 17.4 Å². The molecule has 7 nitrogen and oxygen atoms in total. The highest BCUT2D eigenvalue weighted by atomic mass is 32.2. The van der Waals surface area contributed by atoms with Crippen LogP contribution >= 0.6 is 23.1 Å². The summed E-state index contributed by atoms with van der Waals surface area (Å²) in [4.78, 5) is 23.6. The van der Waals surface area contributed by atoms with Crippen LogP contribution in [0.25, 0.3) is 0 Å². The van der Waals surface area contributed by atoms with Crippen molar-refractivity contribution in [2.24, 2.45) is 0 Å². The van der Waals surface area contributed by atoms with Gasteiger partial charge in [0.15, 0.2) is 4.34 Å². The molecule has 1 aromatic carbocycles. The standard InChI is InChI=1S/C14H16N4O3S2/c1-8(2)21-12(20)9-3-5-10(6-4-9)16-11(19)7-22-14-18-17-13(15)23-14/h3-6,8H,7H2,1-2H3,(H2,15,17)(H,16,19). The van der Waals surface area contributed by atoms with Crippen LogP contribution in [0.2, 0.25) is 0 Å². The number of anilines is 2. The van der Waals surface area contributed by atoms with Crippen LogP contribution in [0.4, 0.5) is 10.8 Å². The van der Waals surface area contributed by atoms with E-state index in [-0.39, 0.29) is 23.7 Å². The summed E-state index contributed by atoms with van der Waals surface area (Å²) >= 11 is 2.50. The van der Waals surface area contributed by atoms with Crippen molar-refractivity contribution in [1.29, 1.82) is 0 Å². The number of hydrogen-bond donors (Lipinski definition) is 2. The smallest absolute Gasteiger partial charge is 0.338 e. The molecule has 0 bridgehead atoms. The summed E-state index contributed by atoms with van der Waals surface area (Å²) in [6.07, 6.45) is -0.173. The van der Waals surface area contributed by atoms with E-state index < -0.39 is 0 Å². The molecule has 0 saturated heterocycles. The highest BCUT2D eigenvalue weighted by molar-refractivity contribution is 8.01. The van der Waals surface area contributed by atoms with E-state index in [1.807, 2.05) is 0 Å². The third kappa shape index (κ3) is 5.53. The van der Waals surface area contributed by atoms with Crippen LogP contribution in [-0.2, 0) is 9.53 Å². The number of amides is 1. The molecule has 0 spiro atoms.